The van der Waals surface area contributed by atoms with Gasteiger partial charge in [0, 0.05) is 0 Å². The van der Waals surface area contributed by atoms with E-state index in [1.165, 1.54) is 13.5 Å². The fourth-order valence-corrected chi connectivity index (χ4v) is 7.99. The van der Waals surface area contributed by atoms with E-state index in [0.717, 1.165) is 30.1 Å². The zero-order chi connectivity index (χ0) is 19.0. The van der Waals surface area contributed by atoms with Crippen LogP contribution in [0.4, 0.5) is 0 Å². The summed E-state index contributed by atoms with van der Waals surface area (Å²) in [6.07, 6.45) is 2.87. The minimum atomic E-state index is -1.47. The molecule has 4 aliphatic carbocycles. The van der Waals surface area contributed by atoms with E-state index in [2.05, 4.69) is 33.5 Å². The van der Waals surface area contributed by atoms with E-state index in [1.54, 1.807) is 0 Å². The molecule has 0 spiro atoms. The molecule has 146 valence electrons. The van der Waals surface area contributed by atoms with Gasteiger partial charge in [0.15, 0.2) is 0 Å². The Morgan fingerprint density at radius 1 is 0.846 bits per heavy atom. The van der Waals surface area contributed by atoms with Gasteiger partial charge in [-0.05, 0) is 60.2 Å². The first-order valence-electron chi connectivity index (χ1n) is 10.4. The number of rotatable bonds is 4. The molecule has 26 heavy (non-hydrogen) atoms. The molecule has 4 rings (SSSR count). The van der Waals surface area contributed by atoms with Crippen LogP contribution < -0.4 is 0 Å². The fraction of sp³-hybridized carbons (Fsp3) is 0.905. The maximum atomic E-state index is 13.0. The second-order valence-corrected chi connectivity index (χ2v) is 16.2. The third-order valence-electron chi connectivity index (χ3n) is 8.39. The molecule has 0 aliphatic heterocycles. The Bertz CT molecular complexity index is 612. The van der Waals surface area contributed by atoms with Crippen molar-refractivity contribution in [3.8, 4) is 0 Å². The zero-order valence-electron chi connectivity index (χ0n) is 17.0. The van der Waals surface area contributed by atoms with Crippen LogP contribution in [0.5, 0.6) is 0 Å². The second-order valence-electron chi connectivity index (χ2n) is 10.7. The second kappa shape index (κ2) is 6.08. The van der Waals surface area contributed by atoms with Crippen molar-refractivity contribution in [2.75, 3.05) is 13.3 Å². The molecule has 4 saturated carbocycles. The summed E-state index contributed by atoms with van der Waals surface area (Å²) in [4.78, 5) is 25.7. The Kier molecular flexibility index (Phi) is 4.33. The molecule has 5 heteroatoms. The first-order valence-corrected chi connectivity index (χ1v) is 14.1. The lowest BCUT2D eigenvalue weighted by molar-refractivity contribution is -0.165. The summed E-state index contributed by atoms with van der Waals surface area (Å²) in [7, 11) is -0.00855. The molecule has 0 aromatic rings. The topological polar surface area (TPSA) is 52.6 Å². The van der Waals surface area contributed by atoms with E-state index in [9.17, 15) is 9.59 Å². The van der Waals surface area contributed by atoms with Crippen LogP contribution in [0.15, 0.2) is 0 Å². The Morgan fingerprint density at radius 3 is 1.77 bits per heavy atom. The van der Waals surface area contributed by atoms with E-state index < -0.39 is 8.07 Å². The zero-order valence-corrected chi connectivity index (χ0v) is 18.0. The molecule has 0 aromatic carbocycles. The smallest absolute Gasteiger partial charge is 0.309 e. The lowest BCUT2D eigenvalue weighted by Crippen LogP contribution is -2.48. The number of ether oxygens (including phenoxy) is 2. The molecule has 0 N–H and O–H groups in total. The summed E-state index contributed by atoms with van der Waals surface area (Å²) in [5.74, 6) is 4.01. The quantitative estimate of drug-likeness (QED) is 0.426. The van der Waals surface area contributed by atoms with E-state index >= 15 is 0 Å². The van der Waals surface area contributed by atoms with E-state index in [-0.39, 0.29) is 23.8 Å². The summed E-state index contributed by atoms with van der Waals surface area (Å²) in [6.45, 7) is 11.4. The number of esters is 2. The van der Waals surface area contributed by atoms with Crippen molar-refractivity contribution in [3.63, 3.8) is 0 Å². The van der Waals surface area contributed by atoms with Gasteiger partial charge in [-0.3, -0.25) is 9.59 Å². The highest BCUT2D eigenvalue weighted by Gasteiger charge is 2.71. The molecule has 0 aromatic heterocycles. The van der Waals surface area contributed by atoms with Crippen molar-refractivity contribution in [2.24, 2.45) is 59.2 Å². The van der Waals surface area contributed by atoms with Crippen molar-refractivity contribution < 1.29 is 19.1 Å². The number of hydrogen-bond donors (Lipinski definition) is 0. The van der Waals surface area contributed by atoms with Crippen molar-refractivity contribution in [3.05, 3.63) is 0 Å². The summed E-state index contributed by atoms with van der Waals surface area (Å²) >= 11 is 0. The first-order chi connectivity index (χ1) is 12.2. The number of carbonyl (C=O) groups is 2. The fourth-order valence-electron chi connectivity index (χ4n) is 7.41. The van der Waals surface area contributed by atoms with Crippen molar-refractivity contribution >= 4 is 20.0 Å². The number of hydrogen-bond acceptors (Lipinski definition) is 4. The van der Waals surface area contributed by atoms with Gasteiger partial charge in [0.1, 0.15) is 0 Å². The first kappa shape index (κ1) is 18.5. The Labute approximate surface area is 158 Å². The summed E-state index contributed by atoms with van der Waals surface area (Å²) in [6, 6.07) is 0. The maximum Gasteiger partial charge on any atom is 0.309 e. The van der Waals surface area contributed by atoms with Crippen molar-refractivity contribution in [1.29, 1.82) is 0 Å². The molecule has 0 radical (unpaired) electrons. The Hall–Kier alpha value is -0.843. The highest BCUT2D eigenvalue weighted by Crippen LogP contribution is 2.72. The highest BCUT2D eigenvalue weighted by atomic mass is 28.3. The standard InChI is InChI=1S/C21H34O4Si/c1-10-11(2)13-7-12(10)16-14-8-15(17(13)16)19(18(14)20(22)24-3)21(23)25-9-26(4,5)6/h10-19H,7-9H2,1-6H3. The summed E-state index contributed by atoms with van der Waals surface area (Å²) < 4.78 is 10.9. The largest absolute Gasteiger partial charge is 0.469 e. The van der Waals surface area contributed by atoms with Gasteiger partial charge in [-0.1, -0.05) is 33.5 Å². The molecule has 4 bridgehead atoms. The van der Waals surface area contributed by atoms with Gasteiger partial charge in [-0.2, -0.15) is 0 Å². The molecule has 0 amide bonds. The molecule has 0 saturated heterocycles. The van der Waals surface area contributed by atoms with Gasteiger partial charge in [0.2, 0.25) is 0 Å². The molecule has 4 aliphatic rings. The van der Waals surface area contributed by atoms with Gasteiger partial charge in [0.05, 0.1) is 33.2 Å². The molecule has 4 fully saturated rings. The van der Waals surface area contributed by atoms with Gasteiger partial charge >= 0.3 is 11.9 Å². The number of methoxy groups -OCH3 is 1. The number of fused-ring (bicyclic) bond motifs is 9. The SMILES string of the molecule is COC(=O)C1C2CC(C1C(=O)OC[Si](C)(C)C)C1C3CC(C(C)C3C)C21. The summed E-state index contributed by atoms with van der Waals surface area (Å²) in [5.41, 5.74) is 0. The molecule has 4 nitrogen and oxygen atoms in total. The van der Waals surface area contributed by atoms with E-state index in [1.807, 2.05) is 0 Å². The van der Waals surface area contributed by atoms with E-state index in [4.69, 9.17) is 9.47 Å². The van der Waals surface area contributed by atoms with Crippen LogP contribution >= 0.6 is 0 Å². The monoisotopic (exact) mass is 378 g/mol. The molecule has 10 unspecified atom stereocenters. The van der Waals surface area contributed by atoms with Crippen LogP contribution in [-0.4, -0.2) is 33.4 Å². The third-order valence-corrected chi connectivity index (χ3v) is 9.40. The van der Waals surface area contributed by atoms with Crippen LogP contribution in [0.3, 0.4) is 0 Å². The predicted molar refractivity (Wildman–Crippen MR) is 102 cm³/mol. The Morgan fingerprint density at radius 2 is 1.31 bits per heavy atom. The van der Waals surface area contributed by atoms with Gasteiger partial charge in [0.25, 0.3) is 0 Å². The predicted octanol–water partition coefficient (Wildman–Crippen LogP) is 3.62. The van der Waals surface area contributed by atoms with Crippen molar-refractivity contribution in [1.82, 2.24) is 0 Å². The number of carbonyl (C=O) groups excluding carboxylic acids is 2. The van der Waals surface area contributed by atoms with Gasteiger partial charge < -0.3 is 9.47 Å². The van der Waals surface area contributed by atoms with Crippen LogP contribution in [0.2, 0.25) is 19.6 Å². The van der Waals surface area contributed by atoms with E-state index in [0.29, 0.717) is 29.9 Å². The van der Waals surface area contributed by atoms with Crippen LogP contribution in [0.25, 0.3) is 0 Å². The van der Waals surface area contributed by atoms with Crippen LogP contribution in [0.1, 0.15) is 26.7 Å². The van der Waals surface area contributed by atoms with Crippen LogP contribution in [0, 0.1) is 59.2 Å². The average molecular weight is 379 g/mol. The molecule has 10 atom stereocenters. The molecule has 0 heterocycles. The normalized spacial score (nSPS) is 48.5. The minimum absolute atomic E-state index is 0.128. The molecular formula is C21H34O4Si. The molecular weight excluding hydrogens is 344 g/mol. The van der Waals surface area contributed by atoms with Gasteiger partial charge in [-0.25, -0.2) is 0 Å². The summed E-state index contributed by atoms with van der Waals surface area (Å²) in [5, 5.41) is 0. The lowest BCUT2D eigenvalue weighted by Gasteiger charge is -2.45. The van der Waals surface area contributed by atoms with Gasteiger partial charge in [-0.15, -0.1) is 0 Å². The van der Waals surface area contributed by atoms with Crippen molar-refractivity contribution in [2.45, 2.75) is 46.3 Å². The third kappa shape index (κ3) is 2.52. The lowest BCUT2D eigenvalue weighted by atomic mass is 9.59. The maximum absolute atomic E-state index is 13.0. The Balaban J connectivity index is 1.61. The average Bonchev–Trinajstić information content (AvgIpc) is 3.29. The highest BCUT2D eigenvalue weighted by molar-refractivity contribution is 6.76. The van der Waals surface area contributed by atoms with Crippen LogP contribution in [-0.2, 0) is 19.1 Å². The minimum Gasteiger partial charge on any atom is -0.469 e.